The van der Waals surface area contributed by atoms with Gasteiger partial charge in [-0.25, -0.2) is 4.98 Å². The van der Waals surface area contributed by atoms with E-state index in [9.17, 15) is 23.1 Å². The standard InChI is InChI=1S/C26H29ClF3N3O3/c27-22-14-18(17-2-8-21(9-3-17)36-26(28,29)30)15-31-23(22)32-12-1-10-25(16-32)11-13-33(24(25)35)19-4-6-20(34)7-5-19/h2-3,8-9,14-15,19-20,34H,1,4-7,10-13,16H2/t19-,20-,25-/m1/s1. The predicted octanol–water partition coefficient (Wildman–Crippen LogP) is 5.42. The highest BCUT2D eigenvalue weighted by Gasteiger charge is 2.51. The summed E-state index contributed by atoms with van der Waals surface area (Å²) in [5.74, 6) is 0.534. The van der Waals surface area contributed by atoms with E-state index in [0.29, 0.717) is 28.5 Å². The Kier molecular flexibility index (Phi) is 6.80. The van der Waals surface area contributed by atoms with Crippen molar-refractivity contribution in [3.63, 3.8) is 0 Å². The van der Waals surface area contributed by atoms with Crippen LogP contribution in [0.2, 0.25) is 5.02 Å². The molecule has 0 bridgehead atoms. The van der Waals surface area contributed by atoms with Crippen LogP contribution in [-0.4, -0.2) is 59.0 Å². The number of halogens is 4. The second-order valence-corrected chi connectivity index (χ2v) is 10.5. The first-order valence-electron chi connectivity index (χ1n) is 12.4. The number of ether oxygens (including phenoxy) is 1. The van der Waals surface area contributed by atoms with Gasteiger partial charge in [0.05, 0.1) is 16.5 Å². The van der Waals surface area contributed by atoms with Gasteiger partial charge in [0.15, 0.2) is 0 Å². The minimum Gasteiger partial charge on any atom is -0.406 e. The Balaban J connectivity index is 1.29. The van der Waals surface area contributed by atoms with Crippen molar-refractivity contribution >= 4 is 23.3 Å². The molecular formula is C26H29ClF3N3O3. The van der Waals surface area contributed by atoms with Gasteiger partial charge in [-0.2, -0.15) is 0 Å². The zero-order chi connectivity index (χ0) is 25.5. The third kappa shape index (κ3) is 5.13. The predicted molar refractivity (Wildman–Crippen MR) is 130 cm³/mol. The van der Waals surface area contributed by atoms with E-state index >= 15 is 0 Å². The molecule has 0 radical (unpaired) electrons. The summed E-state index contributed by atoms with van der Waals surface area (Å²) in [6.45, 7) is 2.06. The number of benzene rings is 1. The van der Waals surface area contributed by atoms with Crippen molar-refractivity contribution in [3.05, 3.63) is 41.6 Å². The van der Waals surface area contributed by atoms with Gasteiger partial charge in [-0.05, 0) is 68.7 Å². The molecule has 2 aromatic rings. The fraction of sp³-hybridized carbons (Fsp3) is 0.538. The van der Waals surface area contributed by atoms with E-state index in [1.165, 1.54) is 24.3 Å². The van der Waals surface area contributed by atoms with Gasteiger partial charge < -0.3 is 19.6 Å². The molecule has 3 heterocycles. The molecule has 2 aliphatic heterocycles. The maximum Gasteiger partial charge on any atom is 0.573 e. The number of piperidine rings is 1. The number of likely N-dealkylation sites (tertiary alicyclic amines) is 1. The molecular weight excluding hydrogens is 495 g/mol. The number of aromatic nitrogens is 1. The van der Waals surface area contributed by atoms with Crippen LogP contribution in [0.4, 0.5) is 19.0 Å². The number of aliphatic hydroxyl groups excluding tert-OH is 1. The Bertz CT molecular complexity index is 1110. The normalized spacial score (nSPS) is 27.1. The van der Waals surface area contributed by atoms with E-state index in [4.69, 9.17) is 11.6 Å². The number of hydrogen-bond donors (Lipinski definition) is 1. The lowest BCUT2D eigenvalue weighted by Crippen LogP contribution is -2.50. The number of nitrogens with zero attached hydrogens (tertiary/aromatic N) is 3. The van der Waals surface area contributed by atoms with Gasteiger partial charge >= 0.3 is 6.36 Å². The molecule has 194 valence electrons. The summed E-state index contributed by atoms with van der Waals surface area (Å²) in [6.07, 6.45) is 2.38. The zero-order valence-corrected chi connectivity index (χ0v) is 20.6. The van der Waals surface area contributed by atoms with Crippen molar-refractivity contribution in [2.75, 3.05) is 24.5 Å². The Morgan fingerprint density at radius 2 is 1.78 bits per heavy atom. The van der Waals surface area contributed by atoms with Gasteiger partial charge in [-0.15, -0.1) is 13.2 Å². The first kappa shape index (κ1) is 25.1. The summed E-state index contributed by atoms with van der Waals surface area (Å²) in [4.78, 5) is 22.3. The highest BCUT2D eigenvalue weighted by Crippen LogP contribution is 2.44. The van der Waals surface area contributed by atoms with Crippen LogP contribution in [0.1, 0.15) is 44.9 Å². The second-order valence-electron chi connectivity index (χ2n) is 10.1. The van der Waals surface area contributed by atoms with E-state index in [0.717, 1.165) is 58.0 Å². The summed E-state index contributed by atoms with van der Waals surface area (Å²) in [7, 11) is 0. The van der Waals surface area contributed by atoms with E-state index < -0.39 is 11.8 Å². The Labute approximate surface area is 213 Å². The number of hydrogen-bond acceptors (Lipinski definition) is 5. The van der Waals surface area contributed by atoms with Crippen molar-refractivity contribution in [2.45, 2.75) is 63.5 Å². The number of alkyl halides is 3. The van der Waals surface area contributed by atoms with Crippen LogP contribution in [0.3, 0.4) is 0 Å². The molecule has 10 heteroatoms. The average molecular weight is 524 g/mol. The Morgan fingerprint density at radius 1 is 1.06 bits per heavy atom. The molecule has 1 aliphatic carbocycles. The first-order chi connectivity index (χ1) is 17.1. The molecule has 1 spiro atoms. The molecule has 1 aromatic carbocycles. The molecule has 1 atom stereocenters. The smallest absolute Gasteiger partial charge is 0.406 e. The largest absolute Gasteiger partial charge is 0.573 e. The first-order valence-corrected chi connectivity index (χ1v) is 12.8. The van der Waals surface area contributed by atoms with Crippen LogP contribution in [-0.2, 0) is 4.79 Å². The molecule has 1 aromatic heterocycles. The minimum atomic E-state index is -4.74. The molecule has 5 rings (SSSR count). The number of aliphatic hydroxyl groups is 1. The second kappa shape index (κ2) is 9.74. The third-order valence-electron chi connectivity index (χ3n) is 7.77. The number of amides is 1. The molecule has 3 fully saturated rings. The summed E-state index contributed by atoms with van der Waals surface area (Å²) in [5.41, 5.74) is 0.906. The number of pyridine rings is 1. The Hall–Kier alpha value is -2.52. The van der Waals surface area contributed by atoms with Crippen molar-refractivity contribution in [1.82, 2.24) is 9.88 Å². The molecule has 1 amide bonds. The maximum atomic E-state index is 13.6. The quantitative estimate of drug-likeness (QED) is 0.579. The average Bonchev–Trinajstić information content (AvgIpc) is 3.14. The molecule has 0 unspecified atom stereocenters. The van der Waals surface area contributed by atoms with Crippen LogP contribution >= 0.6 is 11.6 Å². The maximum absolute atomic E-state index is 13.6. The van der Waals surface area contributed by atoms with Crippen molar-refractivity contribution in [1.29, 1.82) is 0 Å². The van der Waals surface area contributed by atoms with Gasteiger partial charge in [-0.3, -0.25) is 4.79 Å². The van der Waals surface area contributed by atoms with E-state index in [-0.39, 0.29) is 23.8 Å². The lowest BCUT2D eigenvalue weighted by Gasteiger charge is -2.41. The van der Waals surface area contributed by atoms with Crippen LogP contribution in [0.15, 0.2) is 36.5 Å². The fourth-order valence-electron chi connectivity index (χ4n) is 5.93. The topological polar surface area (TPSA) is 65.9 Å². The molecule has 2 saturated heterocycles. The number of carbonyl (C=O) groups is 1. The van der Waals surface area contributed by atoms with Gasteiger partial charge in [0.2, 0.25) is 5.91 Å². The van der Waals surface area contributed by atoms with Gasteiger partial charge in [0.25, 0.3) is 0 Å². The fourth-order valence-corrected chi connectivity index (χ4v) is 6.21. The van der Waals surface area contributed by atoms with E-state index in [1.807, 2.05) is 4.90 Å². The highest BCUT2D eigenvalue weighted by atomic mass is 35.5. The lowest BCUT2D eigenvalue weighted by molar-refractivity contribution is -0.274. The summed E-state index contributed by atoms with van der Waals surface area (Å²) in [5, 5.41) is 10.3. The number of carbonyl (C=O) groups excluding carboxylic acids is 1. The van der Waals surface area contributed by atoms with Gasteiger partial charge in [0, 0.05) is 37.4 Å². The summed E-state index contributed by atoms with van der Waals surface area (Å²) < 4.78 is 41.2. The van der Waals surface area contributed by atoms with Crippen LogP contribution in [0, 0.1) is 5.41 Å². The molecule has 1 N–H and O–H groups in total. The number of rotatable bonds is 4. The van der Waals surface area contributed by atoms with Crippen molar-refractivity contribution in [2.24, 2.45) is 5.41 Å². The SMILES string of the molecule is O=C1N([C@H]2CC[C@H](O)CC2)CC[C@@]12CCCN(c1ncc(-c3ccc(OC(F)(F)F)cc3)cc1Cl)C2. The highest BCUT2D eigenvalue weighted by molar-refractivity contribution is 6.33. The monoisotopic (exact) mass is 523 g/mol. The number of anilines is 1. The third-order valence-corrected chi connectivity index (χ3v) is 8.05. The summed E-state index contributed by atoms with van der Waals surface area (Å²) in [6, 6.07) is 7.53. The zero-order valence-electron chi connectivity index (χ0n) is 19.8. The van der Waals surface area contributed by atoms with E-state index in [1.54, 1.807) is 12.3 Å². The van der Waals surface area contributed by atoms with Crippen molar-refractivity contribution < 1.29 is 27.8 Å². The molecule has 1 saturated carbocycles. The summed E-state index contributed by atoms with van der Waals surface area (Å²) >= 11 is 6.63. The lowest BCUT2D eigenvalue weighted by atomic mass is 9.78. The van der Waals surface area contributed by atoms with Crippen LogP contribution in [0.25, 0.3) is 11.1 Å². The van der Waals surface area contributed by atoms with Gasteiger partial charge in [-0.1, -0.05) is 23.7 Å². The van der Waals surface area contributed by atoms with Crippen LogP contribution < -0.4 is 9.64 Å². The van der Waals surface area contributed by atoms with Crippen LogP contribution in [0.5, 0.6) is 5.75 Å². The molecule has 3 aliphatic rings. The molecule has 36 heavy (non-hydrogen) atoms. The minimum absolute atomic E-state index is 0.211. The van der Waals surface area contributed by atoms with Crippen molar-refractivity contribution in [3.8, 4) is 16.9 Å². The Morgan fingerprint density at radius 3 is 2.44 bits per heavy atom. The van der Waals surface area contributed by atoms with Gasteiger partial charge in [0.1, 0.15) is 11.6 Å². The molecule has 6 nitrogen and oxygen atoms in total. The van der Waals surface area contributed by atoms with E-state index in [2.05, 4.69) is 14.6 Å².